The Morgan fingerprint density at radius 2 is 1.90 bits per heavy atom. The fourth-order valence-electron chi connectivity index (χ4n) is 2.42. The van der Waals surface area contributed by atoms with E-state index in [1.54, 1.807) is 6.07 Å². The number of benzene rings is 2. The number of aromatic hydroxyl groups is 1. The zero-order chi connectivity index (χ0) is 21.0. The molecule has 3 aromatic rings. The lowest BCUT2D eigenvalue weighted by Crippen LogP contribution is -2.29. The number of nitrogens with one attached hydrogen (secondary N) is 2. The Hall–Kier alpha value is -3.48. The molecule has 0 aliphatic heterocycles. The average Bonchev–Trinajstić information content (AvgIpc) is 2.99. The number of nitrogens with zero attached hydrogens (tertiary/aromatic N) is 2. The highest BCUT2D eigenvalue weighted by Gasteiger charge is 2.13. The molecule has 0 bridgehead atoms. The Bertz CT molecular complexity index is 1170. The minimum atomic E-state index is -3.81. The van der Waals surface area contributed by atoms with Crippen LogP contribution in [0, 0.1) is 0 Å². The monoisotopic (exact) mass is 419 g/mol. The van der Waals surface area contributed by atoms with E-state index >= 15 is 0 Å². The molecule has 0 aliphatic carbocycles. The third-order valence-corrected chi connectivity index (χ3v) is 4.68. The standard InChI is InChI=1S/C17H17N5O6S/c18-29(26,27)12-4-1-10(2-5-12)21-22-15-13-9-11(28-17(25)19-7-8-23)3-6-14(13)20-16(15)24/h1-6,9,20,23-24H,7-8H2,(H,19,25)(H2,18,26,27). The number of aromatic amines is 1. The molecular weight excluding hydrogens is 402 g/mol. The van der Waals surface area contributed by atoms with Gasteiger partial charge in [0, 0.05) is 11.9 Å². The largest absolute Gasteiger partial charge is 0.493 e. The summed E-state index contributed by atoms with van der Waals surface area (Å²) in [5.74, 6) is -0.0484. The smallest absolute Gasteiger partial charge is 0.412 e. The predicted octanol–water partition coefficient (Wildman–Crippen LogP) is 2.02. The summed E-state index contributed by atoms with van der Waals surface area (Å²) in [4.78, 5) is 14.3. The van der Waals surface area contributed by atoms with Crippen molar-refractivity contribution in [2.24, 2.45) is 15.4 Å². The molecule has 12 heteroatoms. The summed E-state index contributed by atoms with van der Waals surface area (Å²) >= 11 is 0. The number of rotatable bonds is 6. The first-order chi connectivity index (χ1) is 13.8. The molecule has 6 N–H and O–H groups in total. The lowest BCUT2D eigenvalue weighted by atomic mass is 10.2. The van der Waals surface area contributed by atoms with E-state index in [0.717, 1.165) is 0 Å². The van der Waals surface area contributed by atoms with Crippen molar-refractivity contribution >= 4 is 38.4 Å². The Morgan fingerprint density at radius 1 is 1.17 bits per heavy atom. The number of carbonyl (C=O) groups excluding carboxylic acids is 1. The lowest BCUT2D eigenvalue weighted by Gasteiger charge is -2.05. The second-order valence-corrected chi connectivity index (χ2v) is 7.37. The molecular formula is C17H17N5O6S. The van der Waals surface area contributed by atoms with E-state index in [1.807, 2.05) is 0 Å². The van der Waals surface area contributed by atoms with Gasteiger partial charge in [-0.05, 0) is 42.5 Å². The van der Waals surface area contributed by atoms with Crippen LogP contribution in [0.3, 0.4) is 0 Å². The number of nitrogens with two attached hydrogens (primary N) is 1. The van der Waals surface area contributed by atoms with Gasteiger partial charge in [0.1, 0.15) is 5.75 Å². The zero-order valence-electron chi connectivity index (χ0n) is 14.9. The first-order valence-electron chi connectivity index (χ1n) is 8.24. The summed E-state index contributed by atoms with van der Waals surface area (Å²) in [6.45, 7) is -0.168. The number of aliphatic hydroxyl groups is 1. The van der Waals surface area contributed by atoms with Gasteiger partial charge in [-0.1, -0.05) is 0 Å². The van der Waals surface area contributed by atoms with Gasteiger partial charge in [-0.2, -0.15) is 5.11 Å². The van der Waals surface area contributed by atoms with Gasteiger partial charge in [0.2, 0.25) is 15.9 Å². The second-order valence-electron chi connectivity index (χ2n) is 5.81. The maximum absolute atomic E-state index is 11.6. The second kappa shape index (κ2) is 8.26. The molecule has 11 nitrogen and oxygen atoms in total. The fourth-order valence-corrected chi connectivity index (χ4v) is 2.93. The van der Waals surface area contributed by atoms with Crippen LogP contribution in [-0.4, -0.2) is 42.9 Å². The highest BCUT2D eigenvalue weighted by atomic mass is 32.2. The number of sulfonamides is 1. The van der Waals surface area contributed by atoms with Gasteiger partial charge < -0.3 is 25.3 Å². The topological polar surface area (TPSA) is 179 Å². The minimum Gasteiger partial charge on any atom is -0.493 e. The van der Waals surface area contributed by atoms with Gasteiger partial charge in [-0.3, -0.25) is 0 Å². The molecule has 0 spiro atoms. The van der Waals surface area contributed by atoms with Crippen molar-refractivity contribution in [2.75, 3.05) is 13.2 Å². The van der Waals surface area contributed by atoms with Crippen LogP contribution >= 0.6 is 0 Å². The molecule has 0 fully saturated rings. The number of hydrogen-bond donors (Lipinski definition) is 5. The normalized spacial score (nSPS) is 11.8. The molecule has 2 aromatic carbocycles. The van der Waals surface area contributed by atoms with Crippen LogP contribution in [0.25, 0.3) is 10.9 Å². The van der Waals surface area contributed by atoms with Crippen LogP contribution in [0.1, 0.15) is 0 Å². The number of aliphatic hydroxyl groups excluding tert-OH is 1. The van der Waals surface area contributed by atoms with Gasteiger partial charge in [-0.15, -0.1) is 5.11 Å². The van der Waals surface area contributed by atoms with Crippen molar-refractivity contribution in [3.05, 3.63) is 42.5 Å². The van der Waals surface area contributed by atoms with Crippen LogP contribution in [0.15, 0.2) is 57.6 Å². The van der Waals surface area contributed by atoms with Crippen LogP contribution in [0.5, 0.6) is 11.6 Å². The summed E-state index contributed by atoms with van der Waals surface area (Å²) in [6, 6.07) is 9.99. The summed E-state index contributed by atoms with van der Waals surface area (Å²) < 4.78 is 27.7. The zero-order valence-corrected chi connectivity index (χ0v) is 15.7. The number of amides is 1. The molecule has 0 atom stereocenters. The van der Waals surface area contributed by atoms with Crippen molar-refractivity contribution < 1.29 is 28.2 Å². The number of fused-ring (bicyclic) bond motifs is 1. The average molecular weight is 419 g/mol. The SMILES string of the molecule is NS(=O)(=O)c1ccc(N=Nc2c(O)[nH]c3ccc(OC(=O)NCCO)cc23)cc1. The van der Waals surface area contributed by atoms with E-state index in [4.69, 9.17) is 15.0 Å². The lowest BCUT2D eigenvalue weighted by molar-refractivity contribution is 0.195. The molecule has 0 aliphatic rings. The molecule has 29 heavy (non-hydrogen) atoms. The number of hydrogen-bond acceptors (Lipinski definition) is 8. The summed E-state index contributed by atoms with van der Waals surface area (Å²) in [6.07, 6.45) is -0.740. The van der Waals surface area contributed by atoms with Gasteiger partial charge >= 0.3 is 6.09 Å². The van der Waals surface area contributed by atoms with Gasteiger partial charge in [0.25, 0.3) is 0 Å². The van der Waals surface area contributed by atoms with E-state index in [-0.39, 0.29) is 35.4 Å². The van der Waals surface area contributed by atoms with E-state index in [2.05, 4.69) is 20.5 Å². The van der Waals surface area contributed by atoms with Crippen molar-refractivity contribution in [3.8, 4) is 11.6 Å². The summed E-state index contributed by atoms with van der Waals surface area (Å²) in [7, 11) is -3.81. The molecule has 152 valence electrons. The van der Waals surface area contributed by atoms with Crippen LogP contribution < -0.4 is 15.2 Å². The molecule has 1 amide bonds. The number of azo groups is 1. The highest BCUT2D eigenvalue weighted by Crippen LogP contribution is 2.38. The third-order valence-electron chi connectivity index (χ3n) is 3.75. The molecule has 0 radical (unpaired) electrons. The number of carbonyl (C=O) groups is 1. The van der Waals surface area contributed by atoms with Crippen LogP contribution in [0.2, 0.25) is 0 Å². The van der Waals surface area contributed by atoms with Crippen molar-refractivity contribution in [1.82, 2.24) is 10.3 Å². The first kappa shape index (κ1) is 20.3. The van der Waals surface area contributed by atoms with Crippen LogP contribution in [0.4, 0.5) is 16.2 Å². The molecule has 0 saturated heterocycles. The highest BCUT2D eigenvalue weighted by molar-refractivity contribution is 7.89. The van der Waals surface area contributed by atoms with Gasteiger partial charge in [0.05, 0.1) is 22.7 Å². The number of ether oxygens (including phenoxy) is 1. The molecule has 1 aromatic heterocycles. The van der Waals surface area contributed by atoms with E-state index in [9.17, 15) is 18.3 Å². The predicted molar refractivity (Wildman–Crippen MR) is 103 cm³/mol. The number of H-pyrrole nitrogens is 1. The quantitative estimate of drug-likeness (QED) is 0.381. The van der Waals surface area contributed by atoms with Crippen molar-refractivity contribution in [2.45, 2.75) is 4.90 Å². The summed E-state index contributed by atoms with van der Waals surface area (Å²) in [5.41, 5.74) is 0.975. The number of aromatic nitrogens is 1. The third kappa shape index (κ3) is 4.87. The van der Waals surface area contributed by atoms with Gasteiger partial charge in [-0.25, -0.2) is 18.4 Å². The van der Waals surface area contributed by atoms with E-state index in [0.29, 0.717) is 16.6 Å². The minimum absolute atomic E-state index is 0.0513. The van der Waals surface area contributed by atoms with Gasteiger partial charge in [0.15, 0.2) is 5.69 Å². The molecule has 0 saturated carbocycles. The molecule has 3 rings (SSSR count). The first-order valence-corrected chi connectivity index (χ1v) is 9.78. The fraction of sp³-hybridized carbons (Fsp3) is 0.118. The Labute approximate surface area is 164 Å². The molecule has 0 unspecified atom stereocenters. The van der Waals surface area contributed by atoms with Crippen molar-refractivity contribution in [1.29, 1.82) is 0 Å². The van der Waals surface area contributed by atoms with Crippen molar-refractivity contribution in [3.63, 3.8) is 0 Å². The summed E-state index contributed by atoms with van der Waals surface area (Å²) in [5, 5.41) is 34.6. The van der Waals surface area contributed by atoms with E-state index < -0.39 is 16.1 Å². The number of primary sulfonamides is 1. The Kier molecular flexibility index (Phi) is 5.77. The Balaban J connectivity index is 1.86. The van der Waals surface area contributed by atoms with Crippen LogP contribution in [-0.2, 0) is 10.0 Å². The Morgan fingerprint density at radius 3 is 2.55 bits per heavy atom. The molecule has 1 heterocycles. The maximum Gasteiger partial charge on any atom is 0.412 e. The maximum atomic E-state index is 11.6. The van der Waals surface area contributed by atoms with E-state index in [1.165, 1.54) is 36.4 Å².